The molecule has 3 N–H and O–H groups in total. The Bertz CT molecular complexity index is 1230. The van der Waals surface area contributed by atoms with Gasteiger partial charge in [-0.05, 0) is 59.5 Å². The van der Waals surface area contributed by atoms with Crippen molar-refractivity contribution in [3.05, 3.63) is 77.1 Å². The Labute approximate surface area is 213 Å². The second-order valence-electron chi connectivity index (χ2n) is 8.39. The maximum absolute atomic E-state index is 13.2. The number of tetrazole rings is 1. The molecule has 11 heteroatoms. The van der Waals surface area contributed by atoms with Crippen molar-refractivity contribution in [2.45, 2.75) is 37.8 Å². The zero-order valence-electron chi connectivity index (χ0n) is 19.4. The number of rotatable bonds is 8. The third-order valence-corrected chi connectivity index (χ3v) is 6.00. The van der Waals surface area contributed by atoms with Gasteiger partial charge in [0.15, 0.2) is 0 Å². The number of hydrogen-bond donors (Lipinski definition) is 3. The first kappa shape index (κ1) is 25.1. The molecular weight excluding hydrogens is 482 g/mol. The first-order valence-electron chi connectivity index (χ1n) is 11.6. The lowest BCUT2D eigenvalue weighted by atomic mass is 10.0. The van der Waals surface area contributed by atoms with Crippen LogP contribution in [0, 0.1) is 0 Å². The van der Waals surface area contributed by atoms with Crippen molar-refractivity contribution in [1.82, 2.24) is 36.2 Å². The number of carbonyl (C=O) groups excluding carboxylic acids is 3. The molecule has 3 aromatic rings. The van der Waals surface area contributed by atoms with Crippen LogP contribution in [0.1, 0.15) is 30.4 Å². The largest absolute Gasteiger partial charge is 0.354 e. The van der Waals surface area contributed by atoms with E-state index in [1.165, 1.54) is 17.1 Å². The molecule has 1 aromatic heterocycles. The van der Waals surface area contributed by atoms with Gasteiger partial charge in [-0.1, -0.05) is 41.9 Å². The lowest BCUT2D eigenvalue weighted by Gasteiger charge is -2.21. The molecule has 1 aliphatic heterocycles. The zero-order chi connectivity index (χ0) is 25.3. The summed E-state index contributed by atoms with van der Waals surface area (Å²) in [5, 5.41) is 20.0. The molecular formula is C25H26ClN7O3. The molecule has 2 heterocycles. The van der Waals surface area contributed by atoms with Crippen molar-refractivity contribution in [3.8, 4) is 5.69 Å². The third-order valence-electron chi connectivity index (χ3n) is 5.77. The van der Waals surface area contributed by atoms with E-state index in [1.807, 2.05) is 30.3 Å². The Hall–Kier alpha value is -4.05. The van der Waals surface area contributed by atoms with E-state index < -0.39 is 23.9 Å². The first-order valence-corrected chi connectivity index (χ1v) is 12.0. The molecule has 0 bridgehead atoms. The molecule has 2 aromatic carbocycles. The van der Waals surface area contributed by atoms with Gasteiger partial charge in [-0.25, -0.2) is 0 Å². The van der Waals surface area contributed by atoms with Crippen LogP contribution in [-0.2, 0) is 20.8 Å². The summed E-state index contributed by atoms with van der Waals surface area (Å²) in [6, 6.07) is 13.0. The number of hydrogen-bond acceptors (Lipinski definition) is 6. The van der Waals surface area contributed by atoms with Crippen LogP contribution in [-0.4, -0.2) is 56.6 Å². The summed E-state index contributed by atoms with van der Waals surface area (Å²) in [5.74, 6) is -1.10. The summed E-state index contributed by atoms with van der Waals surface area (Å²) in [6.45, 7) is 0.594. The van der Waals surface area contributed by atoms with E-state index in [0.29, 0.717) is 29.2 Å². The second-order valence-corrected chi connectivity index (χ2v) is 8.83. The number of nitrogens with one attached hydrogen (secondary N) is 3. The van der Waals surface area contributed by atoms with E-state index in [0.717, 1.165) is 18.4 Å². The molecule has 36 heavy (non-hydrogen) atoms. The van der Waals surface area contributed by atoms with Crippen LogP contribution < -0.4 is 16.0 Å². The number of benzene rings is 2. The first-order chi connectivity index (χ1) is 17.5. The van der Waals surface area contributed by atoms with Crippen molar-refractivity contribution in [1.29, 1.82) is 0 Å². The molecule has 186 valence electrons. The topological polar surface area (TPSA) is 131 Å². The van der Waals surface area contributed by atoms with Crippen molar-refractivity contribution in [2.24, 2.45) is 0 Å². The SMILES string of the molecule is O=C(C=Cc1cc(Cl)ccc1-n1cnnn1)N[C@@H](Cc1ccccc1)C(=O)N[C@@H]1CCCCNC1=O. The molecule has 0 radical (unpaired) electrons. The summed E-state index contributed by atoms with van der Waals surface area (Å²) in [7, 11) is 0. The average Bonchev–Trinajstić information content (AvgIpc) is 3.33. The molecule has 10 nitrogen and oxygen atoms in total. The normalized spacial score (nSPS) is 16.7. The van der Waals surface area contributed by atoms with E-state index in [4.69, 9.17) is 11.6 Å². The number of nitrogens with zero attached hydrogens (tertiary/aromatic N) is 4. The van der Waals surface area contributed by atoms with E-state index >= 15 is 0 Å². The van der Waals surface area contributed by atoms with Crippen molar-refractivity contribution >= 4 is 35.4 Å². The summed E-state index contributed by atoms with van der Waals surface area (Å²) >= 11 is 6.14. The van der Waals surface area contributed by atoms with E-state index in [1.54, 1.807) is 24.3 Å². The standard InChI is InChI=1S/C25H26ClN7O3/c26-19-10-11-22(33-16-28-31-32-33)18(15-19)9-12-23(34)29-21(14-17-6-2-1-3-7-17)25(36)30-20-8-4-5-13-27-24(20)35/h1-3,6-7,9-12,15-16,20-21H,4-5,8,13-14H2,(H,27,35)(H,29,34)(H,30,36)/t20-,21+/m1/s1. The Morgan fingerprint density at radius 1 is 1.19 bits per heavy atom. The summed E-state index contributed by atoms with van der Waals surface area (Å²) in [4.78, 5) is 38.4. The molecule has 0 saturated carbocycles. The Morgan fingerprint density at radius 3 is 2.81 bits per heavy atom. The van der Waals surface area contributed by atoms with Crippen LogP contribution >= 0.6 is 11.6 Å². The van der Waals surface area contributed by atoms with Gasteiger partial charge in [-0.15, -0.1) is 5.10 Å². The third kappa shape index (κ3) is 6.76. The minimum absolute atomic E-state index is 0.207. The zero-order valence-corrected chi connectivity index (χ0v) is 20.2. The highest BCUT2D eigenvalue weighted by Gasteiger charge is 2.27. The highest BCUT2D eigenvalue weighted by Crippen LogP contribution is 2.20. The predicted octanol–water partition coefficient (Wildman–Crippen LogP) is 1.84. The molecule has 0 spiro atoms. The average molecular weight is 508 g/mol. The fourth-order valence-corrected chi connectivity index (χ4v) is 4.11. The Balaban J connectivity index is 1.50. The molecule has 2 atom stereocenters. The molecule has 0 unspecified atom stereocenters. The monoisotopic (exact) mass is 507 g/mol. The van der Waals surface area contributed by atoms with Gasteiger partial charge in [0, 0.05) is 29.6 Å². The molecule has 4 rings (SSSR count). The van der Waals surface area contributed by atoms with Crippen LogP contribution in [0.5, 0.6) is 0 Å². The Morgan fingerprint density at radius 2 is 2.03 bits per heavy atom. The van der Waals surface area contributed by atoms with Gasteiger partial charge in [-0.2, -0.15) is 4.68 Å². The van der Waals surface area contributed by atoms with Crippen LogP contribution in [0.4, 0.5) is 0 Å². The number of amides is 3. The lowest BCUT2D eigenvalue weighted by Crippen LogP contribution is -2.53. The van der Waals surface area contributed by atoms with Gasteiger partial charge in [-0.3, -0.25) is 14.4 Å². The summed E-state index contributed by atoms with van der Waals surface area (Å²) in [6.07, 6.45) is 6.85. The number of halogens is 1. The van der Waals surface area contributed by atoms with Crippen molar-refractivity contribution in [2.75, 3.05) is 6.54 Å². The smallest absolute Gasteiger partial charge is 0.244 e. The highest BCUT2D eigenvalue weighted by atomic mass is 35.5. The van der Waals surface area contributed by atoms with Crippen LogP contribution in [0.2, 0.25) is 5.02 Å². The molecule has 1 fully saturated rings. The van der Waals surface area contributed by atoms with E-state index in [9.17, 15) is 14.4 Å². The predicted molar refractivity (Wildman–Crippen MR) is 134 cm³/mol. The molecule has 1 saturated heterocycles. The maximum Gasteiger partial charge on any atom is 0.244 e. The number of carbonyl (C=O) groups is 3. The fourth-order valence-electron chi connectivity index (χ4n) is 3.93. The van der Waals surface area contributed by atoms with Crippen molar-refractivity contribution in [3.63, 3.8) is 0 Å². The van der Waals surface area contributed by atoms with Gasteiger partial charge in [0.05, 0.1) is 5.69 Å². The van der Waals surface area contributed by atoms with Gasteiger partial charge in [0.25, 0.3) is 0 Å². The molecule has 0 aliphatic carbocycles. The summed E-state index contributed by atoms with van der Waals surface area (Å²) < 4.78 is 1.46. The van der Waals surface area contributed by atoms with Gasteiger partial charge >= 0.3 is 0 Å². The van der Waals surface area contributed by atoms with Crippen LogP contribution in [0.15, 0.2) is 60.9 Å². The molecule has 3 amide bonds. The maximum atomic E-state index is 13.2. The van der Waals surface area contributed by atoms with Crippen molar-refractivity contribution < 1.29 is 14.4 Å². The minimum atomic E-state index is -0.876. The quantitative estimate of drug-likeness (QED) is 0.399. The molecule has 1 aliphatic rings. The van der Waals surface area contributed by atoms with E-state index in [-0.39, 0.29) is 12.3 Å². The van der Waals surface area contributed by atoms with Crippen LogP contribution in [0.25, 0.3) is 11.8 Å². The lowest BCUT2D eigenvalue weighted by molar-refractivity contribution is -0.131. The van der Waals surface area contributed by atoms with Crippen LogP contribution in [0.3, 0.4) is 0 Å². The minimum Gasteiger partial charge on any atom is -0.354 e. The van der Waals surface area contributed by atoms with Gasteiger partial charge in [0.1, 0.15) is 18.4 Å². The highest BCUT2D eigenvalue weighted by molar-refractivity contribution is 6.30. The fraction of sp³-hybridized carbons (Fsp3) is 0.280. The van der Waals surface area contributed by atoms with Gasteiger partial charge in [0.2, 0.25) is 17.7 Å². The second kappa shape index (κ2) is 12.1. The number of aromatic nitrogens is 4. The van der Waals surface area contributed by atoms with E-state index in [2.05, 4.69) is 31.5 Å². The Kier molecular flexibility index (Phi) is 8.40. The summed E-state index contributed by atoms with van der Waals surface area (Å²) in [5.41, 5.74) is 2.12. The van der Waals surface area contributed by atoms with Gasteiger partial charge < -0.3 is 16.0 Å².